The van der Waals surface area contributed by atoms with Gasteiger partial charge in [-0.2, -0.15) is 5.06 Å². The molecule has 0 amide bonds. The molecule has 2 aromatic rings. The molecule has 196 valence electrons. The van der Waals surface area contributed by atoms with Crippen molar-refractivity contribution in [2.45, 2.75) is 115 Å². The minimum absolute atomic E-state index is 0.121. The van der Waals surface area contributed by atoms with Crippen molar-refractivity contribution in [3.63, 3.8) is 0 Å². The van der Waals surface area contributed by atoms with E-state index in [1.54, 1.807) is 0 Å². The Labute approximate surface area is 214 Å². The third-order valence-electron chi connectivity index (χ3n) is 10.8. The van der Waals surface area contributed by atoms with Gasteiger partial charge in [0.15, 0.2) is 0 Å². The molecule has 3 aliphatic carbocycles. The Bertz CT molecular complexity index is 1160. The van der Waals surface area contributed by atoms with Crippen molar-refractivity contribution in [2.75, 3.05) is 0 Å². The molecule has 3 fully saturated rings. The summed E-state index contributed by atoms with van der Waals surface area (Å²) in [6.45, 7) is 10.6. The Kier molecular flexibility index (Phi) is 5.27. The van der Waals surface area contributed by atoms with Crippen LogP contribution in [-0.2, 0) is 12.0 Å². The minimum Gasteiger partial charge on any atom is -0.508 e. The maximum Gasteiger partial charge on any atom is 0.116 e. The highest BCUT2D eigenvalue weighted by atomic mass is 16.5. The fourth-order valence-corrected chi connectivity index (χ4v) is 9.05. The standard InChI is InChI=1S/C29H42N4O3/c1-26(2)15-19(16-27(3,4)33(26)36)32-17-25(30-31-32)29(35)13-11-24-23-8-6-18-14-20(34)7-9-21(18)22(23)10-12-28(24,29)5/h7,9,14,17,19,22-24,34-36H,6,8,10-13,15-16H2,1-5H3/t22?,23?,24?,28?,29-/m1/s1. The first-order chi connectivity index (χ1) is 16.9. The molecule has 4 aliphatic rings. The van der Waals surface area contributed by atoms with E-state index in [1.165, 1.54) is 16.2 Å². The van der Waals surface area contributed by atoms with Crippen LogP contribution in [0.25, 0.3) is 0 Å². The molecular formula is C29H42N4O3. The van der Waals surface area contributed by atoms with E-state index >= 15 is 0 Å². The zero-order valence-electron chi connectivity index (χ0n) is 22.4. The third kappa shape index (κ3) is 3.35. The first-order valence-corrected chi connectivity index (χ1v) is 13.8. The molecule has 3 N–H and O–H groups in total. The van der Waals surface area contributed by atoms with Gasteiger partial charge in [0.1, 0.15) is 17.0 Å². The maximum absolute atomic E-state index is 12.3. The van der Waals surface area contributed by atoms with E-state index in [4.69, 9.17) is 0 Å². The van der Waals surface area contributed by atoms with Crippen molar-refractivity contribution in [1.82, 2.24) is 20.1 Å². The number of nitrogens with zero attached hydrogens (tertiary/aromatic N) is 4. The molecule has 1 aromatic heterocycles. The molecule has 4 unspecified atom stereocenters. The first-order valence-electron chi connectivity index (χ1n) is 13.8. The second kappa shape index (κ2) is 7.78. The lowest BCUT2D eigenvalue weighted by molar-refractivity contribution is -0.249. The van der Waals surface area contributed by atoms with E-state index in [0.29, 0.717) is 29.2 Å². The summed E-state index contributed by atoms with van der Waals surface area (Å²) in [5.41, 5.74) is 1.49. The summed E-state index contributed by atoms with van der Waals surface area (Å²) in [5.74, 6) is 1.88. The summed E-state index contributed by atoms with van der Waals surface area (Å²) in [5, 5.41) is 43.6. The predicted molar refractivity (Wildman–Crippen MR) is 137 cm³/mol. The molecule has 7 nitrogen and oxygen atoms in total. The Morgan fingerprint density at radius 2 is 1.69 bits per heavy atom. The molecule has 36 heavy (non-hydrogen) atoms. The normalized spacial score (nSPS) is 37.8. The van der Waals surface area contributed by atoms with E-state index in [0.717, 1.165) is 51.4 Å². The number of piperidine rings is 1. The summed E-state index contributed by atoms with van der Waals surface area (Å²) < 4.78 is 1.95. The van der Waals surface area contributed by atoms with Gasteiger partial charge in [0, 0.05) is 16.5 Å². The average Bonchev–Trinajstić information content (AvgIpc) is 3.41. The molecule has 0 radical (unpaired) electrons. The Balaban J connectivity index is 1.28. The number of aryl methyl sites for hydroxylation is 1. The minimum atomic E-state index is -0.973. The van der Waals surface area contributed by atoms with Gasteiger partial charge in [-0.3, -0.25) is 0 Å². The van der Waals surface area contributed by atoms with Crippen LogP contribution in [-0.4, -0.2) is 46.6 Å². The summed E-state index contributed by atoms with van der Waals surface area (Å²) in [4.78, 5) is 0. The lowest BCUT2D eigenvalue weighted by Gasteiger charge is -2.53. The van der Waals surface area contributed by atoms with Crippen LogP contribution in [0.5, 0.6) is 5.75 Å². The van der Waals surface area contributed by atoms with Crippen LogP contribution in [0.4, 0.5) is 0 Å². The Hall–Kier alpha value is -1.96. The van der Waals surface area contributed by atoms with E-state index in [1.807, 2.05) is 23.0 Å². The Morgan fingerprint density at radius 3 is 2.42 bits per heavy atom. The monoisotopic (exact) mass is 494 g/mol. The fourth-order valence-electron chi connectivity index (χ4n) is 9.05. The van der Waals surface area contributed by atoms with Gasteiger partial charge in [-0.25, -0.2) is 4.68 Å². The Morgan fingerprint density at radius 1 is 0.972 bits per heavy atom. The second-order valence-electron chi connectivity index (χ2n) is 13.7. The quantitative estimate of drug-likeness (QED) is 0.524. The predicted octanol–water partition coefficient (Wildman–Crippen LogP) is 5.31. The van der Waals surface area contributed by atoms with Crippen molar-refractivity contribution in [1.29, 1.82) is 0 Å². The smallest absolute Gasteiger partial charge is 0.116 e. The van der Waals surface area contributed by atoms with Crippen molar-refractivity contribution < 1.29 is 15.4 Å². The van der Waals surface area contributed by atoms with Crippen LogP contribution in [0.15, 0.2) is 24.4 Å². The third-order valence-corrected chi connectivity index (χ3v) is 10.8. The van der Waals surface area contributed by atoms with Crippen LogP contribution in [0.3, 0.4) is 0 Å². The number of hydroxylamine groups is 2. The first kappa shape index (κ1) is 24.4. The number of fused-ring (bicyclic) bond motifs is 5. The van der Waals surface area contributed by atoms with Gasteiger partial charge in [0.05, 0.1) is 12.2 Å². The largest absolute Gasteiger partial charge is 0.508 e. The molecule has 0 spiro atoms. The molecule has 6 rings (SSSR count). The second-order valence-corrected chi connectivity index (χ2v) is 13.7. The highest BCUT2D eigenvalue weighted by Crippen LogP contribution is 2.66. The number of phenolic OH excluding ortho intramolecular Hbond substituents is 1. The van der Waals surface area contributed by atoms with E-state index in [2.05, 4.69) is 51.0 Å². The van der Waals surface area contributed by atoms with E-state index in [9.17, 15) is 15.4 Å². The lowest BCUT2D eigenvalue weighted by atomic mass is 9.53. The number of aromatic hydroxyl groups is 1. The molecule has 5 atom stereocenters. The van der Waals surface area contributed by atoms with Gasteiger partial charge < -0.3 is 15.4 Å². The fraction of sp³-hybridized carbons (Fsp3) is 0.724. The van der Waals surface area contributed by atoms with Crippen molar-refractivity contribution >= 4 is 0 Å². The van der Waals surface area contributed by atoms with E-state index in [-0.39, 0.29) is 22.5 Å². The number of hydrogen-bond acceptors (Lipinski definition) is 6. The van der Waals surface area contributed by atoms with Gasteiger partial charge in [0.25, 0.3) is 0 Å². The van der Waals surface area contributed by atoms with Crippen molar-refractivity contribution in [2.24, 2.45) is 17.3 Å². The topological polar surface area (TPSA) is 94.6 Å². The van der Waals surface area contributed by atoms with Gasteiger partial charge in [-0.15, -0.1) is 5.10 Å². The zero-order valence-corrected chi connectivity index (χ0v) is 22.4. The van der Waals surface area contributed by atoms with Gasteiger partial charge in [-0.05, 0) is 120 Å². The number of hydrogen-bond donors (Lipinski definition) is 3. The number of aromatic nitrogens is 3. The molecule has 1 aliphatic heterocycles. The molecule has 7 heteroatoms. The highest BCUT2D eigenvalue weighted by Gasteiger charge is 2.63. The summed E-state index contributed by atoms with van der Waals surface area (Å²) in [7, 11) is 0. The maximum atomic E-state index is 12.3. The zero-order chi connectivity index (χ0) is 25.7. The summed E-state index contributed by atoms with van der Waals surface area (Å²) in [6.07, 6.45) is 9.42. The van der Waals surface area contributed by atoms with E-state index < -0.39 is 5.60 Å². The van der Waals surface area contributed by atoms with Gasteiger partial charge in [0.2, 0.25) is 0 Å². The molecule has 1 aromatic carbocycles. The summed E-state index contributed by atoms with van der Waals surface area (Å²) >= 11 is 0. The highest BCUT2D eigenvalue weighted by molar-refractivity contribution is 5.40. The van der Waals surface area contributed by atoms with Gasteiger partial charge >= 0.3 is 0 Å². The van der Waals surface area contributed by atoms with Crippen LogP contribution >= 0.6 is 0 Å². The van der Waals surface area contributed by atoms with Gasteiger partial charge in [-0.1, -0.05) is 18.2 Å². The molecule has 0 bridgehead atoms. The van der Waals surface area contributed by atoms with Crippen LogP contribution in [0.2, 0.25) is 0 Å². The molecule has 1 saturated heterocycles. The molecule has 2 heterocycles. The lowest BCUT2D eigenvalue weighted by Crippen LogP contribution is -2.59. The number of aliphatic hydroxyl groups is 1. The molecular weight excluding hydrogens is 452 g/mol. The molecule has 2 saturated carbocycles. The van der Waals surface area contributed by atoms with Crippen LogP contribution in [0, 0.1) is 17.3 Å². The summed E-state index contributed by atoms with van der Waals surface area (Å²) in [6, 6.07) is 6.04. The average molecular weight is 495 g/mol. The number of phenols is 1. The SMILES string of the molecule is CC1(C)CC(n2cc([C@]3(O)CCC4C5CCc6cc(O)ccc6C5CCC43C)nn2)CC(C)(C)N1O. The van der Waals surface area contributed by atoms with Crippen LogP contribution < -0.4 is 0 Å². The van der Waals surface area contributed by atoms with Crippen LogP contribution in [0.1, 0.15) is 108 Å². The number of rotatable bonds is 2. The van der Waals surface area contributed by atoms with Crippen molar-refractivity contribution in [3.8, 4) is 5.75 Å². The number of benzene rings is 1. The van der Waals surface area contributed by atoms with Crippen molar-refractivity contribution in [3.05, 3.63) is 41.2 Å².